The number of ether oxygens (including phenoxy) is 2. The van der Waals surface area contributed by atoms with Crippen LogP contribution in [0.15, 0.2) is 89.0 Å². The average molecular weight is 515 g/mol. The molecule has 1 heterocycles. The molecule has 4 rings (SSSR count). The second-order valence-electron chi connectivity index (χ2n) is 8.81. The number of nitrogens with zero attached hydrogens (tertiary/aromatic N) is 4. The molecule has 3 N–H and O–H groups in total. The third-order valence-electron chi connectivity index (χ3n) is 6.10. The maximum Gasteiger partial charge on any atom is 0.266 e. The molecule has 0 radical (unpaired) electrons. The quantitative estimate of drug-likeness (QED) is 0.104. The van der Waals surface area contributed by atoms with Crippen LogP contribution in [0.3, 0.4) is 0 Å². The number of amides is 1. The zero-order valence-electron chi connectivity index (χ0n) is 20.9. The van der Waals surface area contributed by atoms with Gasteiger partial charge in [-0.2, -0.15) is 0 Å². The highest BCUT2D eigenvalue weighted by molar-refractivity contribution is 6.00. The normalized spacial score (nSPS) is 16.2. The Morgan fingerprint density at radius 1 is 1.08 bits per heavy atom. The Morgan fingerprint density at radius 2 is 1.82 bits per heavy atom. The number of hydrogen-bond acceptors (Lipinski definition) is 7. The summed E-state index contributed by atoms with van der Waals surface area (Å²) in [7, 11) is 0. The number of aliphatic hydroxyl groups excluding tert-OH is 1. The maximum atomic E-state index is 13.6. The van der Waals surface area contributed by atoms with E-state index >= 15 is 0 Å². The predicted molar refractivity (Wildman–Crippen MR) is 143 cm³/mol. The first kappa shape index (κ1) is 26.7. The van der Waals surface area contributed by atoms with Crippen molar-refractivity contribution >= 4 is 11.8 Å². The fourth-order valence-corrected chi connectivity index (χ4v) is 4.08. The summed E-state index contributed by atoms with van der Waals surface area (Å²) in [6.45, 7) is 1.16. The molecule has 38 heavy (non-hydrogen) atoms. The van der Waals surface area contributed by atoms with E-state index in [1.165, 1.54) is 0 Å². The van der Waals surface area contributed by atoms with E-state index in [1.54, 1.807) is 12.1 Å². The number of nitrogens with one attached hydrogen (secondary N) is 2. The van der Waals surface area contributed by atoms with Gasteiger partial charge in [0.25, 0.3) is 5.91 Å². The molecule has 0 saturated carbocycles. The smallest absolute Gasteiger partial charge is 0.266 e. The van der Waals surface area contributed by atoms with E-state index in [0.717, 1.165) is 16.7 Å². The minimum absolute atomic E-state index is 0.0474. The number of hydrogen-bond donors (Lipinski definition) is 3. The number of benzene rings is 3. The molecule has 0 aliphatic carbocycles. The van der Waals surface area contributed by atoms with E-state index in [-0.39, 0.29) is 32.1 Å². The SMILES string of the molecule is [N-]=[N+]=NCc1ccccc1C[C@@]1(C(=O)NNCc2ccccc2)COC(c2ccc(OCCCO)cc2)=N1. The molecular formula is C28H30N6O4. The molecule has 10 nitrogen and oxygen atoms in total. The van der Waals surface area contributed by atoms with Crippen LogP contribution in [0.2, 0.25) is 0 Å². The van der Waals surface area contributed by atoms with Crippen LogP contribution in [0.25, 0.3) is 10.4 Å². The Morgan fingerprint density at radius 3 is 2.55 bits per heavy atom. The van der Waals surface area contributed by atoms with E-state index in [0.29, 0.717) is 36.8 Å². The number of aliphatic hydroxyl groups is 1. The molecule has 1 amide bonds. The van der Waals surface area contributed by atoms with Crippen molar-refractivity contribution in [1.29, 1.82) is 0 Å². The van der Waals surface area contributed by atoms with Crippen LogP contribution in [-0.2, 0) is 29.0 Å². The van der Waals surface area contributed by atoms with E-state index in [2.05, 4.69) is 20.9 Å². The molecule has 0 aromatic heterocycles. The third-order valence-corrected chi connectivity index (χ3v) is 6.10. The lowest BCUT2D eigenvalue weighted by atomic mass is 9.89. The van der Waals surface area contributed by atoms with Gasteiger partial charge in [0.1, 0.15) is 12.4 Å². The standard InChI is InChI=1S/C28H30N6O4/c29-34-31-19-24-10-5-4-9-23(24)17-28(27(36)33-30-18-21-7-2-1-3-8-21)20-38-26(32-28)22-11-13-25(14-12-22)37-16-6-15-35/h1-5,7-14,30,35H,6,15-20H2,(H,33,36)/t28-/m0/s1. The van der Waals surface area contributed by atoms with Crippen molar-refractivity contribution in [3.05, 3.63) is 112 Å². The Labute approximate surface area is 220 Å². The van der Waals surface area contributed by atoms with Gasteiger partial charge in [-0.15, -0.1) is 0 Å². The molecule has 3 aromatic rings. The van der Waals surface area contributed by atoms with E-state index in [4.69, 9.17) is 25.1 Å². The van der Waals surface area contributed by atoms with E-state index in [9.17, 15) is 4.79 Å². The number of rotatable bonds is 13. The van der Waals surface area contributed by atoms with Gasteiger partial charge in [0.05, 0.1) is 13.2 Å². The minimum atomic E-state index is -1.23. The van der Waals surface area contributed by atoms with Gasteiger partial charge in [-0.05, 0) is 46.5 Å². The topological polar surface area (TPSA) is 141 Å². The Kier molecular flexibility index (Phi) is 9.31. The second-order valence-corrected chi connectivity index (χ2v) is 8.81. The molecule has 196 valence electrons. The van der Waals surface area contributed by atoms with Crippen molar-refractivity contribution in [2.75, 3.05) is 19.8 Å². The van der Waals surface area contributed by atoms with Crippen LogP contribution in [0.5, 0.6) is 5.75 Å². The number of azide groups is 1. The van der Waals surface area contributed by atoms with Crippen LogP contribution in [0.4, 0.5) is 0 Å². The number of aliphatic imine (C=N–C) groups is 1. The van der Waals surface area contributed by atoms with E-state index in [1.807, 2.05) is 66.7 Å². The molecule has 1 atom stereocenters. The zero-order valence-corrected chi connectivity index (χ0v) is 20.9. The summed E-state index contributed by atoms with van der Waals surface area (Å²) < 4.78 is 11.6. The summed E-state index contributed by atoms with van der Waals surface area (Å²) in [6, 6.07) is 24.5. The summed E-state index contributed by atoms with van der Waals surface area (Å²) in [5, 5.41) is 12.6. The fraction of sp³-hybridized carbons (Fsp3) is 0.286. The highest BCUT2D eigenvalue weighted by atomic mass is 16.5. The first-order valence-corrected chi connectivity index (χ1v) is 12.4. The summed E-state index contributed by atoms with van der Waals surface area (Å²) in [4.78, 5) is 21.3. The Bertz CT molecular complexity index is 1290. The molecule has 0 bridgehead atoms. The minimum Gasteiger partial charge on any atom is -0.494 e. The average Bonchev–Trinajstić information content (AvgIpc) is 3.39. The lowest BCUT2D eigenvalue weighted by molar-refractivity contribution is -0.127. The number of carbonyl (C=O) groups excluding carboxylic acids is 1. The molecule has 0 unspecified atom stereocenters. The molecule has 1 aliphatic heterocycles. The van der Waals surface area contributed by atoms with Gasteiger partial charge in [0.15, 0.2) is 5.54 Å². The van der Waals surface area contributed by atoms with Gasteiger partial charge >= 0.3 is 0 Å². The molecule has 0 spiro atoms. The fourth-order valence-electron chi connectivity index (χ4n) is 4.08. The van der Waals surface area contributed by atoms with Gasteiger partial charge in [0.2, 0.25) is 5.90 Å². The van der Waals surface area contributed by atoms with Crippen LogP contribution in [0.1, 0.15) is 28.7 Å². The molecule has 1 aliphatic rings. The van der Waals surface area contributed by atoms with Gasteiger partial charge in [-0.3, -0.25) is 10.2 Å². The predicted octanol–water partition coefficient (Wildman–Crippen LogP) is 3.84. The largest absolute Gasteiger partial charge is 0.494 e. The van der Waals surface area contributed by atoms with Gasteiger partial charge < -0.3 is 14.6 Å². The summed E-state index contributed by atoms with van der Waals surface area (Å²) in [6.07, 6.45) is 0.809. The highest BCUT2D eigenvalue weighted by Crippen LogP contribution is 2.29. The number of hydrazine groups is 1. The first-order chi connectivity index (χ1) is 18.6. The lowest BCUT2D eigenvalue weighted by Gasteiger charge is -2.24. The van der Waals surface area contributed by atoms with Crippen LogP contribution < -0.4 is 15.6 Å². The summed E-state index contributed by atoms with van der Waals surface area (Å²) >= 11 is 0. The maximum absolute atomic E-state index is 13.6. The monoisotopic (exact) mass is 514 g/mol. The molecule has 3 aromatic carbocycles. The summed E-state index contributed by atoms with van der Waals surface area (Å²) in [5.41, 5.74) is 16.8. The first-order valence-electron chi connectivity index (χ1n) is 12.4. The molecule has 10 heteroatoms. The van der Waals surface area contributed by atoms with Gasteiger partial charge in [0, 0.05) is 36.5 Å². The van der Waals surface area contributed by atoms with E-state index < -0.39 is 5.54 Å². The molecule has 0 fully saturated rings. The van der Waals surface area contributed by atoms with Crippen LogP contribution in [0, 0.1) is 0 Å². The summed E-state index contributed by atoms with van der Waals surface area (Å²) in [5.74, 6) is 0.700. The van der Waals surface area contributed by atoms with Gasteiger partial charge in [-0.25, -0.2) is 10.4 Å². The zero-order chi connectivity index (χ0) is 26.6. The van der Waals surface area contributed by atoms with Gasteiger partial charge in [-0.1, -0.05) is 59.7 Å². The van der Waals surface area contributed by atoms with Crippen molar-refractivity contribution in [2.24, 2.45) is 10.1 Å². The van der Waals surface area contributed by atoms with Crippen LogP contribution >= 0.6 is 0 Å². The van der Waals surface area contributed by atoms with Crippen molar-refractivity contribution in [2.45, 2.75) is 31.5 Å². The second kappa shape index (κ2) is 13.3. The third kappa shape index (κ3) is 6.89. The van der Waals surface area contributed by atoms with Crippen molar-refractivity contribution in [3.8, 4) is 5.75 Å². The van der Waals surface area contributed by atoms with Crippen molar-refractivity contribution < 1.29 is 19.4 Å². The van der Waals surface area contributed by atoms with Crippen molar-refractivity contribution in [1.82, 2.24) is 10.9 Å². The number of carbonyl (C=O) groups is 1. The van der Waals surface area contributed by atoms with Crippen LogP contribution in [-0.4, -0.2) is 42.3 Å². The molecular weight excluding hydrogens is 484 g/mol. The Balaban J connectivity index is 1.57. The molecule has 0 saturated heterocycles. The highest BCUT2D eigenvalue weighted by Gasteiger charge is 2.45. The Hall–Kier alpha value is -4.37. The lowest BCUT2D eigenvalue weighted by Crippen LogP contribution is -2.52. The van der Waals surface area contributed by atoms with Crippen molar-refractivity contribution in [3.63, 3.8) is 0 Å².